The van der Waals surface area contributed by atoms with Crippen LogP contribution in [0.15, 0.2) is 30.6 Å². The Balaban J connectivity index is 1.64. The third kappa shape index (κ3) is 3.68. The number of thioether (sulfide) groups is 1. The zero-order chi connectivity index (χ0) is 22.2. The van der Waals surface area contributed by atoms with Gasteiger partial charge in [-0.1, -0.05) is 6.92 Å². The summed E-state index contributed by atoms with van der Waals surface area (Å²) in [5, 5.41) is 4.41. The number of benzene rings is 1. The molecular weight excluding hydrogens is 422 g/mol. The van der Waals surface area contributed by atoms with E-state index in [-0.39, 0.29) is 18.1 Å². The van der Waals surface area contributed by atoms with E-state index < -0.39 is 0 Å². The number of hydrogen-bond donors (Lipinski definition) is 0. The molecule has 2 aliphatic rings. The number of carbonyl (C=O) groups is 1. The molecule has 3 atom stereocenters. The first kappa shape index (κ1) is 21.4. The summed E-state index contributed by atoms with van der Waals surface area (Å²) in [6.07, 6.45) is 7.79. The average molecular weight is 454 g/mol. The normalized spacial score (nSPS) is 22.0. The second-order valence-electron chi connectivity index (χ2n) is 9.00. The van der Waals surface area contributed by atoms with Crippen molar-refractivity contribution in [2.24, 2.45) is 0 Å². The first-order valence-corrected chi connectivity index (χ1v) is 12.7. The van der Waals surface area contributed by atoms with Crippen LogP contribution in [0.5, 0.6) is 0 Å². The SMILES string of the molecule is COC(=O)N1c2ccc3c(nc(C(C)Cn4cccn4)n3C3CCCSC3)c2CCC1C. The molecule has 2 aliphatic heterocycles. The second kappa shape index (κ2) is 8.81. The summed E-state index contributed by atoms with van der Waals surface area (Å²) in [5.74, 6) is 3.71. The molecular formula is C24H31N5O2S. The maximum absolute atomic E-state index is 12.5. The van der Waals surface area contributed by atoms with Crippen molar-refractivity contribution in [2.75, 3.05) is 23.5 Å². The Hall–Kier alpha value is -2.48. The number of nitrogens with zero attached hydrogens (tertiary/aromatic N) is 5. The standard InChI is InChI=1S/C24H31N5O2S/c1-16(14-27-12-5-11-25-27)23-26-22-19-8-7-17(2)28(24(30)31-3)20(19)9-10-21(22)29(23)18-6-4-13-32-15-18/h5,9-12,16-18H,4,6-8,13-15H2,1-3H3. The average Bonchev–Trinajstić information content (AvgIpc) is 3.46. The van der Waals surface area contributed by atoms with E-state index in [1.165, 1.54) is 36.8 Å². The number of amides is 1. The molecule has 3 unspecified atom stereocenters. The molecule has 1 amide bonds. The highest BCUT2D eigenvalue weighted by Crippen LogP contribution is 2.40. The van der Waals surface area contributed by atoms with Gasteiger partial charge in [0.15, 0.2) is 0 Å². The smallest absolute Gasteiger partial charge is 0.414 e. The van der Waals surface area contributed by atoms with E-state index in [9.17, 15) is 4.79 Å². The lowest BCUT2D eigenvalue weighted by atomic mass is 9.95. The molecule has 3 aromatic rings. The van der Waals surface area contributed by atoms with Gasteiger partial charge in [0.2, 0.25) is 0 Å². The van der Waals surface area contributed by atoms with Gasteiger partial charge in [0.1, 0.15) is 5.82 Å². The van der Waals surface area contributed by atoms with Crippen LogP contribution in [-0.2, 0) is 17.7 Å². The van der Waals surface area contributed by atoms with Crippen molar-refractivity contribution in [1.29, 1.82) is 0 Å². The minimum Gasteiger partial charge on any atom is -0.452 e. The van der Waals surface area contributed by atoms with Gasteiger partial charge in [-0.3, -0.25) is 9.58 Å². The molecule has 0 aliphatic carbocycles. The summed E-state index contributed by atoms with van der Waals surface area (Å²) in [5.41, 5.74) is 4.34. The van der Waals surface area contributed by atoms with E-state index in [1.54, 1.807) is 4.90 Å². The number of aryl methyl sites for hydroxylation is 1. The maximum Gasteiger partial charge on any atom is 0.414 e. The summed E-state index contributed by atoms with van der Waals surface area (Å²) in [6.45, 7) is 5.12. The Bertz CT molecular complexity index is 1100. The van der Waals surface area contributed by atoms with Crippen molar-refractivity contribution in [1.82, 2.24) is 19.3 Å². The first-order chi connectivity index (χ1) is 15.6. The topological polar surface area (TPSA) is 65.2 Å². The Labute approximate surface area is 193 Å². The van der Waals surface area contributed by atoms with Gasteiger partial charge in [0, 0.05) is 41.7 Å². The molecule has 1 saturated heterocycles. The number of rotatable bonds is 4. The molecule has 8 heteroatoms. The van der Waals surface area contributed by atoms with E-state index in [4.69, 9.17) is 9.72 Å². The summed E-state index contributed by atoms with van der Waals surface area (Å²) in [6, 6.07) is 6.79. The van der Waals surface area contributed by atoms with Gasteiger partial charge in [-0.05, 0) is 56.6 Å². The molecule has 1 aromatic carbocycles. The van der Waals surface area contributed by atoms with E-state index in [0.717, 1.165) is 42.2 Å². The van der Waals surface area contributed by atoms with Crippen LogP contribution in [0.25, 0.3) is 11.0 Å². The Morgan fingerprint density at radius 2 is 2.22 bits per heavy atom. The zero-order valence-electron chi connectivity index (χ0n) is 19.0. The molecule has 1 fully saturated rings. The van der Waals surface area contributed by atoms with Gasteiger partial charge < -0.3 is 9.30 Å². The Morgan fingerprint density at radius 3 is 2.94 bits per heavy atom. The quantitative estimate of drug-likeness (QED) is 0.555. The van der Waals surface area contributed by atoms with E-state index in [2.05, 4.69) is 35.6 Å². The van der Waals surface area contributed by atoms with Crippen molar-refractivity contribution in [2.45, 2.75) is 64.1 Å². The zero-order valence-corrected chi connectivity index (χ0v) is 19.8. The fraction of sp³-hybridized carbons (Fsp3) is 0.542. The van der Waals surface area contributed by atoms with Crippen LogP contribution >= 0.6 is 11.8 Å². The molecule has 0 saturated carbocycles. The van der Waals surface area contributed by atoms with E-state index >= 15 is 0 Å². The molecule has 7 nitrogen and oxygen atoms in total. The van der Waals surface area contributed by atoms with Crippen LogP contribution in [0.3, 0.4) is 0 Å². The fourth-order valence-corrected chi connectivity index (χ4v) is 6.35. The molecule has 170 valence electrons. The predicted molar refractivity (Wildman–Crippen MR) is 129 cm³/mol. The molecule has 0 bridgehead atoms. The third-order valence-electron chi connectivity index (χ3n) is 6.82. The molecule has 4 heterocycles. The lowest BCUT2D eigenvalue weighted by molar-refractivity contribution is 0.175. The number of hydrogen-bond acceptors (Lipinski definition) is 5. The Morgan fingerprint density at radius 1 is 1.34 bits per heavy atom. The van der Waals surface area contributed by atoms with Crippen LogP contribution in [0, 0.1) is 0 Å². The largest absolute Gasteiger partial charge is 0.452 e. The van der Waals surface area contributed by atoms with Gasteiger partial charge in [-0.15, -0.1) is 0 Å². The van der Waals surface area contributed by atoms with Crippen molar-refractivity contribution < 1.29 is 9.53 Å². The number of fused-ring (bicyclic) bond motifs is 3. The number of methoxy groups -OCH3 is 1. The molecule has 0 spiro atoms. The number of ether oxygens (including phenoxy) is 1. The lowest BCUT2D eigenvalue weighted by Crippen LogP contribution is -2.42. The van der Waals surface area contributed by atoms with Crippen LogP contribution < -0.4 is 4.90 Å². The van der Waals surface area contributed by atoms with Crippen molar-refractivity contribution in [3.05, 3.63) is 42.0 Å². The lowest BCUT2D eigenvalue weighted by Gasteiger charge is -2.34. The molecule has 0 radical (unpaired) electrons. The Kier molecular flexibility index (Phi) is 5.88. The number of carbonyl (C=O) groups excluding carboxylic acids is 1. The molecule has 5 rings (SSSR count). The second-order valence-corrected chi connectivity index (χ2v) is 10.1. The highest BCUT2D eigenvalue weighted by Gasteiger charge is 2.33. The van der Waals surface area contributed by atoms with Crippen molar-refractivity contribution in [3.8, 4) is 0 Å². The summed E-state index contributed by atoms with van der Waals surface area (Å²) >= 11 is 2.04. The summed E-state index contributed by atoms with van der Waals surface area (Å²) < 4.78 is 9.58. The minimum atomic E-state index is -0.298. The van der Waals surface area contributed by atoms with Crippen molar-refractivity contribution in [3.63, 3.8) is 0 Å². The summed E-state index contributed by atoms with van der Waals surface area (Å²) in [4.78, 5) is 19.6. The maximum atomic E-state index is 12.5. The number of anilines is 1. The molecule has 32 heavy (non-hydrogen) atoms. The minimum absolute atomic E-state index is 0.113. The van der Waals surface area contributed by atoms with E-state index in [0.29, 0.717) is 6.04 Å². The van der Waals surface area contributed by atoms with Gasteiger partial charge in [0.05, 0.1) is 30.4 Å². The van der Waals surface area contributed by atoms with Gasteiger partial charge in [0.25, 0.3) is 0 Å². The summed E-state index contributed by atoms with van der Waals surface area (Å²) in [7, 11) is 1.45. The van der Waals surface area contributed by atoms with Crippen LogP contribution in [0.2, 0.25) is 0 Å². The number of imidazole rings is 1. The highest BCUT2D eigenvalue weighted by molar-refractivity contribution is 7.99. The van der Waals surface area contributed by atoms with Crippen LogP contribution in [0.4, 0.5) is 10.5 Å². The monoisotopic (exact) mass is 453 g/mol. The van der Waals surface area contributed by atoms with Crippen molar-refractivity contribution >= 4 is 34.6 Å². The predicted octanol–water partition coefficient (Wildman–Crippen LogP) is 5.01. The molecule has 2 aromatic heterocycles. The van der Waals surface area contributed by atoms with Crippen LogP contribution in [0.1, 0.15) is 56.5 Å². The number of aromatic nitrogens is 4. The van der Waals surface area contributed by atoms with Gasteiger partial charge in [-0.25, -0.2) is 9.78 Å². The first-order valence-electron chi connectivity index (χ1n) is 11.5. The fourth-order valence-electron chi connectivity index (χ4n) is 5.22. The van der Waals surface area contributed by atoms with E-state index in [1.807, 2.05) is 34.9 Å². The molecule has 0 N–H and O–H groups in total. The third-order valence-corrected chi connectivity index (χ3v) is 8.01. The van der Waals surface area contributed by atoms with Gasteiger partial charge >= 0.3 is 6.09 Å². The van der Waals surface area contributed by atoms with Crippen LogP contribution in [-0.4, -0.2) is 50.1 Å². The highest BCUT2D eigenvalue weighted by atomic mass is 32.2. The van der Waals surface area contributed by atoms with Gasteiger partial charge in [-0.2, -0.15) is 16.9 Å².